The van der Waals surface area contributed by atoms with Crippen molar-refractivity contribution < 1.29 is 4.79 Å². The highest BCUT2D eigenvalue weighted by molar-refractivity contribution is 8.01. The molecule has 0 aliphatic heterocycles. The average molecular weight is 274 g/mol. The molecule has 2 N–H and O–H groups in total. The summed E-state index contributed by atoms with van der Waals surface area (Å²) in [4.78, 5) is 11.4. The van der Waals surface area contributed by atoms with Gasteiger partial charge in [0, 0.05) is 12.1 Å². The Bertz CT molecular complexity index is 365. The van der Waals surface area contributed by atoms with Crippen molar-refractivity contribution in [1.82, 2.24) is 15.5 Å². The van der Waals surface area contributed by atoms with Gasteiger partial charge in [0.05, 0.1) is 5.75 Å². The zero-order valence-electron chi connectivity index (χ0n) is 10.5. The smallest absolute Gasteiger partial charge is 0.230 e. The Balaban J connectivity index is 2.37. The molecule has 17 heavy (non-hydrogen) atoms. The number of hydrogen-bond acceptors (Lipinski definition) is 6. The number of nitrogens with zero attached hydrogens (tertiary/aromatic N) is 2. The number of carbonyl (C=O) groups excluding carboxylic acids is 1. The Morgan fingerprint density at radius 2 is 2.00 bits per heavy atom. The van der Waals surface area contributed by atoms with E-state index in [1.165, 1.54) is 23.1 Å². The summed E-state index contributed by atoms with van der Waals surface area (Å²) in [6.07, 6.45) is 0. The van der Waals surface area contributed by atoms with Crippen LogP contribution in [-0.2, 0) is 4.79 Å². The molecule has 0 saturated carbocycles. The number of amides is 1. The molecule has 1 amide bonds. The molecule has 0 atom stereocenters. The van der Waals surface area contributed by atoms with E-state index in [0.717, 1.165) is 9.47 Å². The molecule has 0 unspecified atom stereocenters. The van der Waals surface area contributed by atoms with Gasteiger partial charge in [-0.1, -0.05) is 23.1 Å². The first-order chi connectivity index (χ1) is 7.97. The van der Waals surface area contributed by atoms with Gasteiger partial charge >= 0.3 is 0 Å². The van der Waals surface area contributed by atoms with Gasteiger partial charge in [0.25, 0.3) is 0 Å². The van der Waals surface area contributed by atoms with Crippen molar-refractivity contribution in [2.24, 2.45) is 0 Å². The van der Waals surface area contributed by atoms with Crippen LogP contribution in [0.1, 0.15) is 27.7 Å². The number of rotatable bonds is 6. The van der Waals surface area contributed by atoms with Gasteiger partial charge in [0.15, 0.2) is 4.34 Å². The van der Waals surface area contributed by atoms with E-state index in [1.54, 1.807) is 0 Å². The van der Waals surface area contributed by atoms with Crippen LogP contribution in [0.25, 0.3) is 0 Å². The SMILES string of the molecule is CC(C)NC(=O)CSc1nnc(NC(C)C)s1. The van der Waals surface area contributed by atoms with Crippen LogP contribution in [0.5, 0.6) is 0 Å². The van der Waals surface area contributed by atoms with Crippen molar-refractivity contribution in [3.63, 3.8) is 0 Å². The fourth-order valence-corrected chi connectivity index (χ4v) is 2.77. The second-order valence-electron chi connectivity index (χ2n) is 4.18. The second kappa shape index (κ2) is 6.80. The third-order valence-electron chi connectivity index (χ3n) is 1.60. The van der Waals surface area contributed by atoms with E-state index in [1.807, 2.05) is 27.7 Å². The summed E-state index contributed by atoms with van der Waals surface area (Å²) in [5, 5.41) is 14.8. The van der Waals surface area contributed by atoms with Crippen LogP contribution in [0.2, 0.25) is 0 Å². The molecule has 0 aromatic carbocycles. The van der Waals surface area contributed by atoms with Gasteiger partial charge in [-0.15, -0.1) is 10.2 Å². The van der Waals surface area contributed by atoms with Crippen LogP contribution in [-0.4, -0.2) is 33.9 Å². The first-order valence-electron chi connectivity index (χ1n) is 5.49. The molecule has 0 aliphatic rings. The highest BCUT2D eigenvalue weighted by Gasteiger charge is 2.09. The molecule has 0 bridgehead atoms. The molecule has 7 heteroatoms. The minimum Gasteiger partial charge on any atom is -0.358 e. The minimum atomic E-state index is 0.0265. The van der Waals surface area contributed by atoms with Gasteiger partial charge in [-0.05, 0) is 27.7 Å². The normalized spacial score (nSPS) is 10.9. The van der Waals surface area contributed by atoms with E-state index in [4.69, 9.17) is 0 Å². The molecule has 0 radical (unpaired) electrons. The number of thioether (sulfide) groups is 1. The number of aromatic nitrogens is 2. The molecule has 5 nitrogen and oxygen atoms in total. The van der Waals surface area contributed by atoms with Gasteiger partial charge < -0.3 is 10.6 Å². The van der Waals surface area contributed by atoms with Crippen LogP contribution in [0.4, 0.5) is 5.13 Å². The van der Waals surface area contributed by atoms with Crippen molar-refractivity contribution in [3.05, 3.63) is 0 Å². The van der Waals surface area contributed by atoms with Gasteiger partial charge in [0.1, 0.15) is 0 Å². The van der Waals surface area contributed by atoms with Crippen LogP contribution in [0.3, 0.4) is 0 Å². The predicted molar refractivity (Wildman–Crippen MR) is 72.7 cm³/mol. The number of carbonyl (C=O) groups is 1. The van der Waals surface area contributed by atoms with Gasteiger partial charge in [-0.3, -0.25) is 4.79 Å². The molecule has 1 rings (SSSR count). The second-order valence-corrected chi connectivity index (χ2v) is 6.38. The zero-order valence-corrected chi connectivity index (χ0v) is 12.1. The van der Waals surface area contributed by atoms with E-state index in [2.05, 4.69) is 20.8 Å². The van der Waals surface area contributed by atoms with E-state index in [-0.39, 0.29) is 11.9 Å². The van der Waals surface area contributed by atoms with Crippen LogP contribution >= 0.6 is 23.1 Å². The van der Waals surface area contributed by atoms with Crippen LogP contribution < -0.4 is 10.6 Å². The van der Waals surface area contributed by atoms with Crippen LogP contribution in [0.15, 0.2) is 4.34 Å². The summed E-state index contributed by atoms with van der Waals surface area (Å²) < 4.78 is 0.812. The molecule has 0 spiro atoms. The Kier molecular flexibility index (Phi) is 5.70. The first-order valence-corrected chi connectivity index (χ1v) is 7.29. The number of nitrogens with one attached hydrogen (secondary N) is 2. The topological polar surface area (TPSA) is 66.9 Å². The van der Waals surface area contributed by atoms with E-state index < -0.39 is 0 Å². The zero-order chi connectivity index (χ0) is 12.8. The van der Waals surface area contributed by atoms with E-state index in [0.29, 0.717) is 11.8 Å². The van der Waals surface area contributed by atoms with Gasteiger partial charge in [-0.25, -0.2) is 0 Å². The molecule has 1 aromatic heterocycles. The van der Waals surface area contributed by atoms with Crippen molar-refractivity contribution in [2.45, 2.75) is 44.1 Å². The molecule has 1 heterocycles. The Labute approximate surface area is 110 Å². The standard InChI is InChI=1S/C10H18N4OS2/c1-6(2)11-8(15)5-16-10-14-13-9(17-10)12-7(3)4/h6-7H,5H2,1-4H3,(H,11,15)(H,12,13). The lowest BCUT2D eigenvalue weighted by atomic mass is 10.4. The third kappa shape index (κ3) is 5.88. The fourth-order valence-electron chi connectivity index (χ4n) is 1.06. The van der Waals surface area contributed by atoms with E-state index >= 15 is 0 Å². The Morgan fingerprint density at radius 1 is 1.29 bits per heavy atom. The lowest BCUT2D eigenvalue weighted by molar-refractivity contribution is -0.119. The van der Waals surface area contributed by atoms with Gasteiger partial charge in [-0.2, -0.15) is 0 Å². The molecule has 0 fully saturated rings. The largest absolute Gasteiger partial charge is 0.358 e. The van der Waals surface area contributed by atoms with Crippen molar-refractivity contribution >= 4 is 34.1 Å². The maximum absolute atomic E-state index is 11.4. The minimum absolute atomic E-state index is 0.0265. The summed E-state index contributed by atoms with van der Waals surface area (Å²) in [6.45, 7) is 7.98. The molecule has 0 aliphatic carbocycles. The monoisotopic (exact) mass is 274 g/mol. The lowest BCUT2D eigenvalue weighted by Gasteiger charge is -2.06. The first kappa shape index (κ1) is 14.2. The summed E-state index contributed by atoms with van der Waals surface area (Å²) in [5.74, 6) is 0.410. The molecule has 1 aromatic rings. The van der Waals surface area contributed by atoms with Crippen LogP contribution in [0, 0.1) is 0 Å². The average Bonchev–Trinajstić information content (AvgIpc) is 2.60. The highest BCUT2D eigenvalue weighted by Crippen LogP contribution is 2.25. The van der Waals surface area contributed by atoms with Crippen molar-refractivity contribution in [2.75, 3.05) is 11.1 Å². The van der Waals surface area contributed by atoms with Crippen molar-refractivity contribution in [1.29, 1.82) is 0 Å². The maximum Gasteiger partial charge on any atom is 0.230 e. The predicted octanol–water partition coefficient (Wildman–Crippen LogP) is 1.98. The summed E-state index contributed by atoms with van der Waals surface area (Å²) >= 11 is 2.88. The fraction of sp³-hybridized carbons (Fsp3) is 0.700. The number of hydrogen-bond donors (Lipinski definition) is 2. The molecular formula is C10H18N4OS2. The lowest BCUT2D eigenvalue weighted by Crippen LogP contribution is -2.31. The van der Waals surface area contributed by atoms with Crippen molar-refractivity contribution in [3.8, 4) is 0 Å². The Morgan fingerprint density at radius 3 is 2.59 bits per heavy atom. The molecule has 96 valence electrons. The summed E-state index contributed by atoms with van der Waals surface area (Å²) in [7, 11) is 0. The summed E-state index contributed by atoms with van der Waals surface area (Å²) in [6, 6.07) is 0.515. The third-order valence-corrected chi connectivity index (χ3v) is 3.58. The van der Waals surface area contributed by atoms with Gasteiger partial charge in [0.2, 0.25) is 11.0 Å². The molecule has 0 saturated heterocycles. The Hall–Kier alpha value is -0.820. The number of anilines is 1. The highest BCUT2D eigenvalue weighted by atomic mass is 32.2. The molecular weight excluding hydrogens is 256 g/mol. The maximum atomic E-state index is 11.4. The van der Waals surface area contributed by atoms with E-state index in [9.17, 15) is 4.79 Å². The summed E-state index contributed by atoms with van der Waals surface area (Å²) in [5.41, 5.74) is 0. The quantitative estimate of drug-likeness (QED) is 0.776.